The topological polar surface area (TPSA) is 29.0 Å². The molecule has 2 aromatic rings. The van der Waals surface area contributed by atoms with Crippen molar-refractivity contribution in [3.8, 4) is 11.1 Å². The monoisotopic (exact) mass is 321 g/mol. The summed E-state index contributed by atoms with van der Waals surface area (Å²) in [6.07, 6.45) is 3.59. The van der Waals surface area contributed by atoms with E-state index in [-0.39, 0.29) is 0 Å². The Labute approximate surface area is 134 Å². The average Bonchev–Trinajstić information content (AvgIpc) is 2.49. The molecule has 5 heteroatoms. The molecule has 0 unspecified atom stereocenters. The number of halogens is 2. The quantitative estimate of drug-likeness (QED) is 0.747. The summed E-state index contributed by atoms with van der Waals surface area (Å²) < 4.78 is 0. The number of benzene rings is 1. The lowest BCUT2D eigenvalue weighted by Crippen LogP contribution is -2.31. The fourth-order valence-electron chi connectivity index (χ4n) is 2.71. The van der Waals surface area contributed by atoms with Gasteiger partial charge in [-0.3, -0.25) is 0 Å². The lowest BCUT2D eigenvalue weighted by atomic mass is 10.0. The third kappa shape index (κ3) is 2.99. The van der Waals surface area contributed by atoms with Gasteiger partial charge in [0, 0.05) is 13.1 Å². The van der Waals surface area contributed by atoms with Crippen molar-refractivity contribution < 1.29 is 0 Å². The zero-order valence-corrected chi connectivity index (χ0v) is 13.5. The lowest BCUT2D eigenvalue weighted by Gasteiger charge is -2.27. The number of aryl methyl sites for hydroxylation is 1. The van der Waals surface area contributed by atoms with E-state index in [2.05, 4.69) is 14.9 Å². The molecule has 110 valence electrons. The zero-order valence-electron chi connectivity index (χ0n) is 11.9. The lowest BCUT2D eigenvalue weighted by molar-refractivity contribution is 0.568. The molecule has 1 fully saturated rings. The molecule has 1 saturated heterocycles. The molecule has 0 N–H and O–H groups in total. The minimum absolute atomic E-state index is 0.421. The Morgan fingerprint density at radius 2 is 1.57 bits per heavy atom. The predicted molar refractivity (Wildman–Crippen MR) is 88.3 cm³/mol. The highest BCUT2D eigenvalue weighted by Gasteiger charge is 2.19. The fourth-order valence-corrected chi connectivity index (χ4v) is 3.29. The molecule has 0 atom stereocenters. The molecule has 0 amide bonds. The van der Waals surface area contributed by atoms with Crippen LogP contribution >= 0.6 is 23.2 Å². The van der Waals surface area contributed by atoms with Gasteiger partial charge >= 0.3 is 0 Å². The molecule has 1 aromatic carbocycles. The van der Waals surface area contributed by atoms with E-state index in [1.165, 1.54) is 6.42 Å². The Kier molecular flexibility index (Phi) is 4.32. The van der Waals surface area contributed by atoms with Crippen LogP contribution in [-0.4, -0.2) is 23.1 Å². The van der Waals surface area contributed by atoms with Crippen molar-refractivity contribution in [1.82, 2.24) is 9.97 Å². The molecule has 0 aliphatic carbocycles. The van der Waals surface area contributed by atoms with Gasteiger partial charge in [-0.2, -0.15) is 0 Å². The largest absolute Gasteiger partial charge is 0.341 e. The molecule has 2 heterocycles. The molecule has 0 saturated carbocycles. The van der Waals surface area contributed by atoms with Gasteiger partial charge in [0.25, 0.3) is 0 Å². The molecule has 1 aromatic heterocycles. The number of nitrogens with zero attached hydrogens (tertiary/aromatic N) is 3. The van der Waals surface area contributed by atoms with E-state index in [4.69, 9.17) is 23.2 Å². The maximum Gasteiger partial charge on any atom is 0.228 e. The van der Waals surface area contributed by atoms with Crippen LogP contribution in [0.1, 0.15) is 24.8 Å². The Balaban J connectivity index is 2.02. The Morgan fingerprint density at radius 3 is 2.19 bits per heavy atom. The summed E-state index contributed by atoms with van der Waals surface area (Å²) in [6, 6.07) is 7.98. The van der Waals surface area contributed by atoms with Gasteiger partial charge in [-0.15, -0.1) is 0 Å². The first-order chi connectivity index (χ1) is 10.2. The van der Waals surface area contributed by atoms with Crippen LogP contribution in [0.25, 0.3) is 11.1 Å². The molecule has 3 nitrogen and oxygen atoms in total. The van der Waals surface area contributed by atoms with Crippen molar-refractivity contribution in [1.29, 1.82) is 0 Å². The van der Waals surface area contributed by atoms with Gasteiger partial charge in [-0.25, -0.2) is 9.97 Å². The number of anilines is 1. The zero-order chi connectivity index (χ0) is 14.8. The minimum atomic E-state index is 0.421. The first-order valence-corrected chi connectivity index (χ1v) is 7.96. The van der Waals surface area contributed by atoms with E-state index in [9.17, 15) is 0 Å². The summed E-state index contributed by atoms with van der Waals surface area (Å²) >= 11 is 12.8. The normalized spacial score (nSPS) is 15.3. The van der Waals surface area contributed by atoms with Crippen LogP contribution in [-0.2, 0) is 0 Å². The molecule has 1 aliphatic rings. The summed E-state index contributed by atoms with van der Waals surface area (Å²) in [6.45, 7) is 3.97. The van der Waals surface area contributed by atoms with E-state index >= 15 is 0 Å². The molecular formula is C16H17Cl2N3. The Morgan fingerprint density at radius 1 is 0.952 bits per heavy atom. The second-order valence-corrected chi connectivity index (χ2v) is 6.06. The first kappa shape index (κ1) is 14.6. The van der Waals surface area contributed by atoms with Gasteiger partial charge in [-0.05, 0) is 37.3 Å². The highest BCUT2D eigenvalue weighted by molar-refractivity contribution is 6.37. The van der Waals surface area contributed by atoms with Crippen LogP contribution < -0.4 is 4.90 Å². The highest BCUT2D eigenvalue weighted by Crippen LogP contribution is 2.35. The second kappa shape index (κ2) is 6.20. The van der Waals surface area contributed by atoms with Crippen LogP contribution in [0.15, 0.2) is 24.3 Å². The van der Waals surface area contributed by atoms with Crippen molar-refractivity contribution in [2.45, 2.75) is 26.2 Å². The Hall–Kier alpha value is -1.32. The van der Waals surface area contributed by atoms with Crippen LogP contribution in [0.4, 0.5) is 5.95 Å². The smallest absolute Gasteiger partial charge is 0.228 e. The van der Waals surface area contributed by atoms with E-state index in [0.717, 1.165) is 42.6 Å². The third-order valence-corrected chi connectivity index (χ3v) is 4.41. The molecular weight excluding hydrogens is 305 g/mol. The van der Waals surface area contributed by atoms with Crippen LogP contribution in [0.2, 0.25) is 10.3 Å². The predicted octanol–water partition coefficient (Wildman–Crippen LogP) is 4.75. The maximum absolute atomic E-state index is 6.40. The van der Waals surface area contributed by atoms with E-state index in [1.54, 1.807) is 0 Å². The summed E-state index contributed by atoms with van der Waals surface area (Å²) in [7, 11) is 0. The number of hydrogen-bond donors (Lipinski definition) is 0. The van der Waals surface area contributed by atoms with E-state index < -0.39 is 0 Å². The minimum Gasteiger partial charge on any atom is -0.341 e. The van der Waals surface area contributed by atoms with Crippen molar-refractivity contribution in [2.75, 3.05) is 18.0 Å². The van der Waals surface area contributed by atoms with Gasteiger partial charge in [0.1, 0.15) is 10.3 Å². The van der Waals surface area contributed by atoms with Gasteiger partial charge in [0.15, 0.2) is 0 Å². The molecule has 3 rings (SSSR count). The molecule has 1 aliphatic heterocycles. The second-order valence-electron chi connectivity index (χ2n) is 5.34. The van der Waals surface area contributed by atoms with E-state index in [0.29, 0.717) is 16.3 Å². The van der Waals surface area contributed by atoms with Crippen molar-refractivity contribution >= 4 is 29.2 Å². The maximum atomic E-state index is 6.40. The number of hydrogen-bond acceptors (Lipinski definition) is 3. The third-order valence-electron chi connectivity index (χ3n) is 3.86. The van der Waals surface area contributed by atoms with Crippen molar-refractivity contribution in [3.05, 3.63) is 40.1 Å². The molecule has 0 radical (unpaired) electrons. The summed E-state index contributed by atoms with van der Waals surface area (Å²) in [5.74, 6) is 0.641. The average molecular weight is 322 g/mol. The Bertz CT molecular complexity index is 629. The van der Waals surface area contributed by atoms with Crippen LogP contribution in [0.3, 0.4) is 0 Å². The van der Waals surface area contributed by atoms with Gasteiger partial charge in [0.05, 0.1) is 5.56 Å². The standard InChI is InChI=1S/C16H17Cl2N3/c1-11-7-3-4-8-12(11)13-14(17)19-16(20-15(13)18)21-9-5-2-6-10-21/h3-4,7-8H,2,5-6,9-10H2,1H3. The fraction of sp³-hybridized carbons (Fsp3) is 0.375. The van der Waals surface area contributed by atoms with Gasteiger partial charge < -0.3 is 4.90 Å². The van der Waals surface area contributed by atoms with Crippen molar-refractivity contribution in [3.63, 3.8) is 0 Å². The summed E-state index contributed by atoms with van der Waals surface area (Å²) in [4.78, 5) is 11.1. The highest BCUT2D eigenvalue weighted by atomic mass is 35.5. The van der Waals surface area contributed by atoms with Crippen molar-refractivity contribution in [2.24, 2.45) is 0 Å². The summed E-state index contributed by atoms with van der Waals surface area (Å²) in [5.41, 5.74) is 2.81. The van der Waals surface area contributed by atoms with Gasteiger partial charge in [-0.1, -0.05) is 47.5 Å². The van der Waals surface area contributed by atoms with Crippen LogP contribution in [0, 0.1) is 6.92 Å². The molecule has 0 spiro atoms. The first-order valence-electron chi connectivity index (χ1n) is 7.21. The number of piperidine rings is 1. The SMILES string of the molecule is Cc1ccccc1-c1c(Cl)nc(N2CCCCC2)nc1Cl. The number of aromatic nitrogens is 2. The van der Waals surface area contributed by atoms with E-state index in [1.807, 2.05) is 31.2 Å². The van der Waals surface area contributed by atoms with Crippen LogP contribution in [0.5, 0.6) is 0 Å². The summed E-state index contributed by atoms with van der Waals surface area (Å²) in [5, 5.41) is 0.842. The van der Waals surface area contributed by atoms with Gasteiger partial charge in [0.2, 0.25) is 5.95 Å². The molecule has 0 bridgehead atoms. The number of rotatable bonds is 2. The molecule has 21 heavy (non-hydrogen) atoms.